The fraction of sp³-hybridized carbons (Fsp3) is 0.231. The smallest absolute Gasteiger partial charge is 0.330 e. The van der Waals surface area contributed by atoms with Gasteiger partial charge in [0.2, 0.25) is 0 Å². The van der Waals surface area contributed by atoms with Crippen LogP contribution in [0.1, 0.15) is 0 Å². The SMILES string of the molecule is COC(=O)C(CO)Nc1ccc([N+](=O)[O-])c2cnccc12. The molecule has 2 aromatic rings. The minimum atomic E-state index is -0.951. The molecule has 2 N–H and O–H groups in total. The van der Waals surface area contributed by atoms with Crippen LogP contribution in [0.2, 0.25) is 0 Å². The molecule has 1 atom stereocenters. The minimum Gasteiger partial charge on any atom is -0.467 e. The minimum absolute atomic E-state index is 0.0812. The molecular weight excluding hydrogens is 278 g/mol. The largest absolute Gasteiger partial charge is 0.467 e. The molecule has 21 heavy (non-hydrogen) atoms. The maximum Gasteiger partial charge on any atom is 0.330 e. The Morgan fingerprint density at radius 3 is 2.86 bits per heavy atom. The average molecular weight is 291 g/mol. The van der Waals surface area contributed by atoms with Crippen LogP contribution in [0.4, 0.5) is 11.4 Å². The molecule has 2 rings (SSSR count). The van der Waals surface area contributed by atoms with Gasteiger partial charge in [0.15, 0.2) is 0 Å². The van der Waals surface area contributed by atoms with Gasteiger partial charge in [-0.25, -0.2) is 4.79 Å². The number of aliphatic hydroxyl groups excluding tert-OH is 1. The fourth-order valence-corrected chi connectivity index (χ4v) is 1.97. The van der Waals surface area contributed by atoms with E-state index in [2.05, 4.69) is 15.0 Å². The standard InChI is InChI=1S/C13H13N3O5/c1-21-13(18)11(7-17)15-10-2-3-12(16(19)20)9-6-14-5-4-8(9)10/h2-6,11,15,17H,7H2,1H3. The van der Waals surface area contributed by atoms with Gasteiger partial charge in [0.1, 0.15) is 6.04 Å². The van der Waals surface area contributed by atoms with Crippen molar-refractivity contribution in [2.45, 2.75) is 6.04 Å². The van der Waals surface area contributed by atoms with E-state index in [1.165, 1.54) is 31.6 Å². The number of nitro groups is 1. The van der Waals surface area contributed by atoms with E-state index in [1.54, 1.807) is 6.07 Å². The first-order chi connectivity index (χ1) is 10.1. The lowest BCUT2D eigenvalue weighted by molar-refractivity contribution is -0.383. The van der Waals surface area contributed by atoms with Gasteiger partial charge in [0.25, 0.3) is 5.69 Å². The first-order valence-corrected chi connectivity index (χ1v) is 6.04. The number of rotatable bonds is 5. The summed E-state index contributed by atoms with van der Waals surface area (Å²) in [5.74, 6) is -0.627. The zero-order valence-corrected chi connectivity index (χ0v) is 11.1. The maximum absolute atomic E-state index is 11.5. The quantitative estimate of drug-likeness (QED) is 0.481. The van der Waals surface area contributed by atoms with Gasteiger partial charge in [-0.1, -0.05) is 0 Å². The Labute approximate surface area is 119 Å². The summed E-state index contributed by atoms with van der Waals surface area (Å²) >= 11 is 0. The monoisotopic (exact) mass is 291 g/mol. The fourth-order valence-electron chi connectivity index (χ4n) is 1.97. The predicted molar refractivity (Wildman–Crippen MR) is 74.9 cm³/mol. The third-order valence-corrected chi connectivity index (χ3v) is 2.99. The summed E-state index contributed by atoms with van der Waals surface area (Å²) < 4.78 is 4.57. The number of pyridine rings is 1. The van der Waals surface area contributed by atoms with Crippen LogP contribution in [0, 0.1) is 10.1 Å². The van der Waals surface area contributed by atoms with Crippen LogP contribution < -0.4 is 5.32 Å². The third-order valence-electron chi connectivity index (χ3n) is 2.99. The molecule has 1 aromatic carbocycles. The van der Waals surface area contributed by atoms with Crippen molar-refractivity contribution in [3.8, 4) is 0 Å². The number of anilines is 1. The summed E-state index contributed by atoms with van der Waals surface area (Å²) in [5, 5.41) is 23.9. The Kier molecular flexibility index (Phi) is 4.29. The van der Waals surface area contributed by atoms with Crippen LogP contribution in [0.15, 0.2) is 30.6 Å². The number of benzene rings is 1. The molecule has 0 spiro atoms. The average Bonchev–Trinajstić information content (AvgIpc) is 2.51. The number of fused-ring (bicyclic) bond motifs is 1. The molecule has 0 saturated heterocycles. The molecule has 110 valence electrons. The molecule has 0 aliphatic rings. The highest BCUT2D eigenvalue weighted by molar-refractivity contribution is 6.00. The molecule has 8 nitrogen and oxygen atoms in total. The van der Waals surface area contributed by atoms with Gasteiger partial charge in [-0.2, -0.15) is 0 Å². The number of carbonyl (C=O) groups excluding carboxylic acids is 1. The molecule has 0 saturated carbocycles. The number of nitrogens with one attached hydrogen (secondary N) is 1. The van der Waals surface area contributed by atoms with Crippen LogP contribution in [0.3, 0.4) is 0 Å². The van der Waals surface area contributed by atoms with Crippen molar-refractivity contribution in [1.82, 2.24) is 4.98 Å². The van der Waals surface area contributed by atoms with E-state index in [9.17, 15) is 20.0 Å². The second-order valence-corrected chi connectivity index (χ2v) is 4.21. The van der Waals surface area contributed by atoms with Gasteiger partial charge < -0.3 is 15.2 Å². The van der Waals surface area contributed by atoms with Gasteiger partial charge in [-0.3, -0.25) is 15.1 Å². The highest BCUT2D eigenvalue weighted by Gasteiger charge is 2.20. The van der Waals surface area contributed by atoms with E-state index in [4.69, 9.17) is 0 Å². The lowest BCUT2D eigenvalue weighted by Crippen LogP contribution is -2.34. The van der Waals surface area contributed by atoms with Crippen molar-refractivity contribution in [3.63, 3.8) is 0 Å². The number of nitro benzene ring substituents is 1. The van der Waals surface area contributed by atoms with E-state index in [-0.39, 0.29) is 5.69 Å². The van der Waals surface area contributed by atoms with E-state index >= 15 is 0 Å². The summed E-state index contributed by atoms with van der Waals surface area (Å²) in [6.45, 7) is -0.462. The van der Waals surface area contributed by atoms with E-state index in [0.717, 1.165) is 0 Å². The summed E-state index contributed by atoms with van der Waals surface area (Å²) in [6.07, 6.45) is 2.87. The van der Waals surface area contributed by atoms with Gasteiger partial charge >= 0.3 is 5.97 Å². The number of ether oxygens (including phenoxy) is 1. The van der Waals surface area contributed by atoms with Crippen LogP contribution in [-0.2, 0) is 9.53 Å². The number of aromatic nitrogens is 1. The van der Waals surface area contributed by atoms with Gasteiger partial charge in [0, 0.05) is 29.5 Å². The highest BCUT2D eigenvalue weighted by atomic mass is 16.6. The summed E-state index contributed by atoms with van der Waals surface area (Å²) in [7, 11) is 1.21. The third kappa shape index (κ3) is 2.90. The Morgan fingerprint density at radius 2 is 2.24 bits per heavy atom. The highest BCUT2D eigenvalue weighted by Crippen LogP contribution is 2.31. The Balaban J connectivity index is 2.48. The zero-order valence-electron chi connectivity index (χ0n) is 11.1. The van der Waals surface area contributed by atoms with Crippen molar-refractivity contribution in [2.75, 3.05) is 19.0 Å². The summed E-state index contributed by atoms with van der Waals surface area (Å²) in [4.78, 5) is 25.9. The second-order valence-electron chi connectivity index (χ2n) is 4.21. The van der Waals surface area contributed by atoms with Gasteiger partial charge in [0.05, 0.1) is 24.0 Å². The van der Waals surface area contributed by atoms with Gasteiger partial charge in [-0.05, 0) is 12.1 Å². The number of nitrogens with zero attached hydrogens (tertiary/aromatic N) is 2. The van der Waals surface area contributed by atoms with Crippen molar-refractivity contribution in [1.29, 1.82) is 0 Å². The van der Waals surface area contributed by atoms with Crippen LogP contribution in [0.5, 0.6) is 0 Å². The number of aliphatic hydroxyl groups is 1. The first-order valence-electron chi connectivity index (χ1n) is 6.04. The normalized spacial score (nSPS) is 11.9. The van der Waals surface area contributed by atoms with Gasteiger partial charge in [-0.15, -0.1) is 0 Å². The number of hydrogen-bond donors (Lipinski definition) is 2. The Bertz CT molecular complexity index is 689. The molecule has 0 bridgehead atoms. The Morgan fingerprint density at radius 1 is 1.48 bits per heavy atom. The van der Waals surface area contributed by atoms with Crippen LogP contribution in [-0.4, -0.2) is 40.7 Å². The first kappa shape index (κ1) is 14.7. The Hall–Kier alpha value is -2.74. The lowest BCUT2D eigenvalue weighted by atomic mass is 10.1. The maximum atomic E-state index is 11.5. The van der Waals surface area contributed by atoms with E-state index < -0.39 is 23.5 Å². The topological polar surface area (TPSA) is 115 Å². The zero-order chi connectivity index (χ0) is 15.4. The van der Waals surface area contributed by atoms with Crippen molar-refractivity contribution in [2.24, 2.45) is 0 Å². The molecule has 0 amide bonds. The number of esters is 1. The van der Waals surface area contributed by atoms with Crippen molar-refractivity contribution in [3.05, 3.63) is 40.7 Å². The summed E-state index contributed by atoms with van der Waals surface area (Å²) in [6, 6.07) is 3.44. The number of non-ortho nitro benzene ring substituents is 1. The summed E-state index contributed by atoms with van der Waals surface area (Å²) in [5.41, 5.74) is 0.393. The molecular formula is C13H13N3O5. The van der Waals surface area contributed by atoms with E-state index in [1.807, 2.05) is 0 Å². The molecule has 0 fully saturated rings. The number of carbonyl (C=O) groups is 1. The lowest BCUT2D eigenvalue weighted by Gasteiger charge is -2.16. The van der Waals surface area contributed by atoms with Crippen LogP contribution in [0.25, 0.3) is 10.8 Å². The molecule has 8 heteroatoms. The molecule has 1 aromatic heterocycles. The second kappa shape index (κ2) is 6.14. The number of hydrogen-bond acceptors (Lipinski definition) is 7. The van der Waals surface area contributed by atoms with E-state index in [0.29, 0.717) is 16.5 Å². The predicted octanol–water partition coefficient (Wildman–Crippen LogP) is 1.09. The van der Waals surface area contributed by atoms with Crippen LogP contribution >= 0.6 is 0 Å². The molecule has 1 unspecified atom stereocenters. The molecule has 0 radical (unpaired) electrons. The van der Waals surface area contributed by atoms with Crippen molar-refractivity contribution >= 4 is 28.1 Å². The number of methoxy groups -OCH3 is 1. The molecule has 1 heterocycles. The van der Waals surface area contributed by atoms with Crippen molar-refractivity contribution < 1.29 is 19.6 Å². The molecule has 0 aliphatic carbocycles. The molecule has 0 aliphatic heterocycles.